The van der Waals surface area contributed by atoms with Crippen molar-refractivity contribution in [3.05, 3.63) is 0 Å². The Morgan fingerprint density at radius 2 is 1.95 bits per heavy atom. The standard InChI is InChI=1S/C13H22N2O5/c1-8-5-6-15(10(8)11(17)18)9(16)7-14-12(19)20-13(2,3)4/h8,10H,5-7H2,1-4H3,(H,14,19)(H,17,18). The molecule has 1 heterocycles. The van der Waals surface area contributed by atoms with Gasteiger partial charge in [0.25, 0.3) is 0 Å². The number of amides is 2. The molecule has 20 heavy (non-hydrogen) atoms. The molecule has 1 saturated heterocycles. The molecule has 114 valence electrons. The number of likely N-dealkylation sites (tertiary alicyclic amines) is 1. The van der Waals surface area contributed by atoms with Crippen molar-refractivity contribution in [1.82, 2.24) is 10.2 Å². The Hall–Kier alpha value is -1.79. The number of carbonyl (C=O) groups is 3. The Balaban J connectivity index is 2.51. The highest BCUT2D eigenvalue weighted by atomic mass is 16.6. The van der Waals surface area contributed by atoms with Crippen LogP contribution >= 0.6 is 0 Å². The van der Waals surface area contributed by atoms with Gasteiger partial charge in [0.2, 0.25) is 5.91 Å². The minimum atomic E-state index is -1.01. The van der Waals surface area contributed by atoms with Gasteiger partial charge in [-0.2, -0.15) is 0 Å². The first-order chi connectivity index (χ1) is 9.11. The van der Waals surface area contributed by atoms with Crippen molar-refractivity contribution in [2.75, 3.05) is 13.1 Å². The highest BCUT2D eigenvalue weighted by Crippen LogP contribution is 2.23. The van der Waals surface area contributed by atoms with Crippen LogP contribution in [-0.2, 0) is 14.3 Å². The van der Waals surface area contributed by atoms with Crippen LogP contribution in [0.25, 0.3) is 0 Å². The second kappa shape index (κ2) is 6.11. The van der Waals surface area contributed by atoms with Gasteiger partial charge in [-0.15, -0.1) is 0 Å². The van der Waals surface area contributed by atoms with Gasteiger partial charge < -0.3 is 20.1 Å². The van der Waals surface area contributed by atoms with Crippen LogP contribution in [-0.4, -0.2) is 52.7 Å². The summed E-state index contributed by atoms with van der Waals surface area (Å²) >= 11 is 0. The smallest absolute Gasteiger partial charge is 0.408 e. The lowest BCUT2D eigenvalue weighted by molar-refractivity contribution is -0.149. The molecular weight excluding hydrogens is 264 g/mol. The van der Waals surface area contributed by atoms with E-state index in [4.69, 9.17) is 9.84 Å². The number of carboxylic acid groups (broad SMARTS) is 1. The molecule has 2 unspecified atom stereocenters. The van der Waals surface area contributed by atoms with Gasteiger partial charge in [-0.3, -0.25) is 4.79 Å². The first kappa shape index (κ1) is 16.3. The monoisotopic (exact) mass is 286 g/mol. The average Bonchev–Trinajstić information content (AvgIpc) is 2.65. The van der Waals surface area contributed by atoms with Crippen molar-refractivity contribution in [2.24, 2.45) is 5.92 Å². The van der Waals surface area contributed by atoms with Gasteiger partial charge in [0.1, 0.15) is 18.2 Å². The van der Waals surface area contributed by atoms with Gasteiger partial charge in [0.15, 0.2) is 0 Å². The molecule has 0 radical (unpaired) electrons. The molecule has 0 aromatic heterocycles. The number of carbonyl (C=O) groups excluding carboxylic acids is 2. The molecule has 7 heteroatoms. The van der Waals surface area contributed by atoms with E-state index in [1.54, 1.807) is 27.7 Å². The third-order valence-electron chi connectivity index (χ3n) is 3.06. The third-order valence-corrected chi connectivity index (χ3v) is 3.06. The quantitative estimate of drug-likeness (QED) is 0.801. The van der Waals surface area contributed by atoms with Crippen molar-refractivity contribution >= 4 is 18.0 Å². The summed E-state index contributed by atoms with van der Waals surface area (Å²) in [5.41, 5.74) is -0.640. The molecule has 2 atom stereocenters. The summed E-state index contributed by atoms with van der Waals surface area (Å²) in [7, 11) is 0. The van der Waals surface area contributed by atoms with Gasteiger partial charge in [-0.1, -0.05) is 6.92 Å². The molecule has 2 amide bonds. The fourth-order valence-electron chi connectivity index (χ4n) is 2.17. The summed E-state index contributed by atoms with van der Waals surface area (Å²) in [5.74, 6) is -1.51. The summed E-state index contributed by atoms with van der Waals surface area (Å²) in [6.45, 7) is 7.09. The zero-order valence-corrected chi connectivity index (χ0v) is 12.3. The topological polar surface area (TPSA) is 95.9 Å². The van der Waals surface area contributed by atoms with E-state index in [2.05, 4.69) is 5.32 Å². The fraction of sp³-hybridized carbons (Fsp3) is 0.769. The molecule has 0 aromatic rings. The van der Waals surface area contributed by atoms with E-state index in [1.807, 2.05) is 0 Å². The van der Waals surface area contributed by atoms with Crippen molar-refractivity contribution < 1.29 is 24.2 Å². The summed E-state index contributed by atoms with van der Waals surface area (Å²) in [6.07, 6.45) is -0.0419. The molecule has 7 nitrogen and oxygen atoms in total. The Morgan fingerprint density at radius 3 is 2.45 bits per heavy atom. The second-order valence-corrected chi connectivity index (χ2v) is 5.99. The number of rotatable bonds is 3. The van der Waals surface area contributed by atoms with Crippen LogP contribution in [0.5, 0.6) is 0 Å². The fourth-order valence-corrected chi connectivity index (χ4v) is 2.17. The minimum absolute atomic E-state index is 0.0852. The SMILES string of the molecule is CC1CCN(C(=O)CNC(=O)OC(C)(C)C)C1C(=O)O. The number of carboxylic acids is 1. The molecular formula is C13H22N2O5. The van der Waals surface area contributed by atoms with Crippen LogP contribution in [0.2, 0.25) is 0 Å². The summed E-state index contributed by atoms with van der Waals surface area (Å²) in [4.78, 5) is 35.8. The molecule has 1 aliphatic rings. The van der Waals surface area contributed by atoms with E-state index in [1.165, 1.54) is 4.90 Å². The highest BCUT2D eigenvalue weighted by molar-refractivity contribution is 5.87. The van der Waals surface area contributed by atoms with Gasteiger partial charge in [0.05, 0.1) is 0 Å². The zero-order valence-electron chi connectivity index (χ0n) is 12.3. The number of hydrogen-bond acceptors (Lipinski definition) is 4. The molecule has 0 aromatic carbocycles. The number of nitrogens with zero attached hydrogens (tertiary/aromatic N) is 1. The maximum atomic E-state index is 12.0. The lowest BCUT2D eigenvalue weighted by atomic mass is 10.0. The van der Waals surface area contributed by atoms with Crippen LogP contribution in [0.3, 0.4) is 0 Å². The first-order valence-corrected chi connectivity index (χ1v) is 6.61. The van der Waals surface area contributed by atoms with Crippen LogP contribution in [0.4, 0.5) is 4.79 Å². The van der Waals surface area contributed by atoms with E-state index in [9.17, 15) is 14.4 Å². The van der Waals surface area contributed by atoms with Crippen molar-refractivity contribution in [2.45, 2.75) is 45.8 Å². The lowest BCUT2D eigenvalue weighted by Crippen LogP contribution is -2.47. The number of aliphatic carboxylic acids is 1. The Labute approximate surface area is 118 Å². The highest BCUT2D eigenvalue weighted by Gasteiger charge is 2.39. The van der Waals surface area contributed by atoms with Gasteiger partial charge in [-0.25, -0.2) is 9.59 Å². The molecule has 2 N–H and O–H groups in total. The number of nitrogens with one attached hydrogen (secondary N) is 1. The van der Waals surface area contributed by atoms with E-state index in [-0.39, 0.29) is 12.5 Å². The first-order valence-electron chi connectivity index (χ1n) is 6.61. The van der Waals surface area contributed by atoms with Crippen molar-refractivity contribution in [1.29, 1.82) is 0 Å². The zero-order chi connectivity index (χ0) is 15.5. The Morgan fingerprint density at radius 1 is 1.35 bits per heavy atom. The minimum Gasteiger partial charge on any atom is -0.480 e. The number of hydrogen-bond donors (Lipinski definition) is 2. The second-order valence-electron chi connectivity index (χ2n) is 5.99. The van der Waals surface area contributed by atoms with Crippen LogP contribution in [0, 0.1) is 5.92 Å². The van der Waals surface area contributed by atoms with Crippen molar-refractivity contribution in [3.8, 4) is 0 Å². The maximum absolute atomic E-state index is 12.0. The van der Waals surface area contributed by atoms with Gasteiger partial charge >= 0.3 is 12.1 Å². The summed E-state index contributed by atoms with van der Waals surface area (Å²) in [5, 5.41) is 11.5. The molecule has 0 spiro atoms. The van der Waals surface area contributed by atoms with E-state index in [0.29, 0.717) is 13.0 Å². The molecule has 0 bridgehead atoms. The van der Waals surface area contributed by atoms with Crippen LogP contribution in [0.1, 0.15) is 34.1 Å². The number of ether oxygens (including phenoxy) is 1. The maximum Gasteiger partial charge on any atom is 0.408 e. The molecule has 0 aliphatic carbocycles. The third kappa shape index (κ3) is 4.40. The normalized spacial score (nSPS) is 22.5. The molecule has 1 aliphatic heterocycles. The van der Waals surface area contributed by atoms with Gasteiger partial charge in [0, 0.05) is 6.54 Å². The van der Waals surface area contributed by atoms with Crippen LogP contribution < -0.4 is 5.32 Å². The van der Waals surface area contributed by atoms with Gasteiger partial charge in [-0.05, 0) is 33.1 Å². The number of alkyl carbamates (subject to hydrolysis) is 1. The Kier molecular flexibility index (Phi) is 4.97. The molecule has 1 rings (SSSR count). The van der Waals surface area contributed by atoms with E-state index < -0.39 is 29.6 Å². The van der Waals surface area contributed by atoms with Crippen molar-refractivity contribution in [3.63, 3.8) is 0 Å². The Bertz CT molecular complexity index is 402. The largest absolute Gasteiger partial charge is 0.480 e. The summed E-state index contributed by atoms with van der Waals surface area (Å²) in [6, 6.07) is -0.817. The predicted molar refractivity (Wildman–Crippen MR) is 71.2 cm³/mol. The predicted octanol–water partition coefficient (Wildman–Crippen LogP) is 0.833. The molecule has 1 fully saturated rings. The lowest BCUT2D eigenvalue weighted by Gasteiger charge is -2.24. The summed E-state index contributed by atoms with van der Waals surface area (Å²) < 4.78 is 5.01. The van der Waals surface area contributed by atoms with E-state index >= 15 is 0 Å². The van der Waals surface area contributed by atoms with E-state index in [0.717, 1.165) is 0 Å². The molecule has 0 saturated carbocycles. The van der Waals surface area contributed by atoms with Crippen LogP contribution in [0.15, 0.2) is 0 Å². The average molecular weight is 286 g/mol.